The number of methoxy groups -OCH3 is 1. The lowest BCUT2D eigenvalue weighted by Crippen LogP contribution is -2.02. The van der Waals surface area contributed by atoms with E-state index < -0.39 is 4.92 Å². The van der Waals surface area contributed by atoms with Gasteiger partial charge < -0.3 is 9.47 Å². The quantitative estimate of drug-likeness (QED) is 0.214. The average molecular weight is 409 g/mol. The first-order chi connectivity index (χ1) is 14.0. The van der Waals surface area contributed by atoms with Crippen LogP contribution in [0.1, 0.15) is 26.4 Å². The van der Waals surface area contributed by atoms with E-state index in [1.807, 2.05) is 23.6 Å². The topological polar surface area (TPSA) is 78.7 Å². The molecule has 29 heavy (non-hydrogen) atoms. The molecule has 0 atom stereocenters. The number of carbonyl (C=O) groups is 1. The van der Waals surface area contributed by atoms with Crippen LogP contribution >= 0.6 is 11.3 Å². The number of hydrogen-bond donors (Lipinski definition) is 0. The van der Waals surface area contributed by atoms with Gasteiger partial charge in [-0.25, -0.2) is 0 Å². The average Bonchev–Trinajstić information content (AvgIpc) is 3.26. The lowest BCUT2D eigenvalue weighted by molar-refractivity contribution is -0.386. The van der Waals surface area contributed by atoms with E-state index in [1.165, 1.54) is 23.5 Å². The Kier molecular flexibility index (Phi) is 6.41. The first-order valence-electron chi connectivity index (χ1n) is 8.78. The molecule has 0 radical (unpaired) electrons. The van der Waals surface area contributed by atoms with Crippen molar-refractivity contribution in [2.45, 2.75) is 13.5 Å². The maximum Gasteiger partial charge on any atom is 0.311 e. The van der Waals surface area contributed by atoms with E-state index in [-0.39, 0.29) is 23.8 Å². The number of ketones is 1. The molecule has 1 aromatic heterocycles. The first kappa shape index (κ1) is 20.3. The van der Waals surface area contributed by atoms with E-state index in [1.54, 1.807) is 44.4 Å². The van der Waals surface area contributed by atoms with Crippen LogP contribution in [-0.4, -0.2) is 17.8 Å². The smallest absolute Gasteiger partial charge is 0.311 e. The van der Waals surface area contributed by atoms with Gasteiger partial charge in [-0.05, 0) is 53.8 Å². The molecule has 148 valence electrons. The third-order valence-corrected chi connectivity index (χ3v) is 5.07. The number of benzene rings is 2. The number of nitro groups is 1. The summed E-state index contributed by atoms with van der Waals surface area (Å²) in [7, 11) is 1.54. The molecule has 0 aliphatic rings. The molecule has 2 aromatic carbocycles. The molecule has 3 rings (SSSR count). The van der Waals surface area contributed by atoms with Gasteiger partial charge in [0.15, 0.2) is 11.5 Å². The zero-order valence-electron chi connectivity index (χ0n) is 16.0. The maximum atomic E-state index is 12.1. The fourth-order valence-corrected chi connectivity index (χ4v) is 3.38. The standard InChI is InChI=1S/C22H19NO5S/c1-15-5-9-21(18(12-15)23(25)26)28-14-17-13-16(7-10-20(17)27-2)6-8-19(24)22-4-3-11-29-22/h3-13H,14H2,1-2H3/b8-6+. The number of allylic oxidation sites excluding steroid dienone is 1. The van der Waals surface area contributed by atoms with E-state index in [9.17, 15) is 14.9 Å². The summed E-state index contributed by atoms with van der Waals surface area (Å²) in [6.07, 6.45) is 3.24. The lowest BCUT2D eigenvalue weighted by atomic mass is 10.1. The van der Waals surface area contributed by atoms with Crippen LogP contribution in [0.15, 0.2) is 60.0 Å². The second-order valence-electron chi connectivity index (χ2n) is 6.26. The number of thiophene rings is 1. The summed E-state index contributed by atoms with van der Waals surface area (Å²) < 4.78 is 11.1. The van der Waals surface area contributed by atoms with Crippen molar-refractivity contribution in [2.75, 3.05) is 7.11 Å². The van der Waals surface area contributed by atoms with Gasteiger partial charge >= 0.3 is 5.69 Å². The summed E-state index contributed by atoms with van der Waals surface area (Å²) in [5.74, 6) is 0.724. The van der Waals surface area contributed by atoms with Crippen molar-refractivity contribution in [3.05, 3.63) is 91.7 Å². The molecule has 3 aromatic rings. The number of carbonyl (C=O) groups excluding carboxylic acids is 1. The number of rotatable bonds is 8. The molecule has 1 heterocycles. The van der Waals surface area contributed by atoms with Crippen LogP contribution in [0.4, 0.5) is 5.69 Å². The largest absolute Gasteiger partial charge is 0.496 e. The molecule has 7 heteroatoms. The van der Waals surface area contributed by atoms with E-state index >= 15 is 0 Å². The van der Waals surface area contributed by atoms with E-state index in [0.717, 1.165) is 11.1 Å². The van der Waals surface area contributed by atoms with Gasteiger partial charge in [-0.15, -0.1) is 11.3 Å². The predicted molar refractivity (Wildman–Crippen MR) is 113 cm³/mol. The molecule has 0 amide bonds. The highest BCUT2D eigenvalue weighted by molar-refractivity contribution is 7.12. The highest BCUT2D eigenvalue weighted by Gasteiger charge is 2.16. The van der Waals surface area contributed by atoms with Gasteiger partial charge in [0.1, 0.15) is 12.4 Å². The Labute approximate surface area is 172 Å². The molecular weight excluding hydrogens is 390 g/mol. The Bertz CT molecular complexity index is 1060. The van der Waals surface area contributed by atoms with Crippen molar-refractivity contribution in [3.63, 3.8) is 0 Å². The third kappa shape index (κ3) is 5.08. The Morgan fingerprint density at radius 1 is 1.17 bits per heavy atom. The second kappa shape index (κ2) is 9.16. The van der Waals surface area contributed by atoms with Crippen LogP contribution < -0.4 is 9.47 Å². The number of aryl methyl sites for hydroxylation is 1. The SMILES string of the molecule is COc1ccc(/C=C/C(=O)c2cccs2)cc1COc1ccc(C)cc1[N+](=O)[O-]. The van der Waals surface area contributed by atoms with Crippen molar-refractivity contribution in [1.82, 2.24) is 0 Å². The molecular formula is C22H19NO5S. The van der Waals surface area contributed by atoms with E-state index in [2.05, 4.69) is 0 Å². The van der Waals surface area contributed by atoms with Gasteiger partial charge in [-0.1, -0.05) is 24.3 Å². The van der Waals surface area contributed by atoms with Crippen molar-refractivity contribution < 1.29 is 19.2 Å². The summed E-state index contributed by atoms with van der Waals surface area (Å²) in [5.41, 5.74) is 2.21. The molecule has 0 aliphatic heterocycles. The van der Waals surface area contributed by atoms with Gasteiger partial charge in [-0.2, -0.15) is 0 Å². The predicted octanol–water partition coefficient (Wildman–Crippen LogP) is 5.45. The van der Waals surface area contributed by atoms with Crippen LogP contribution in [0, 0.1) is 17.0 Å². The summed E-state index contributed by atoms with van der Waals surface area (Å²) >= 11 is 1.39. The number of ether oxygens (including phenoxy) is 2. The number of nitro benzene ring substituents is 1. The first-order valence-corrected chi connectivity index (χ1v) is 9.66. The van der Waals surface area contributed by atoms with Crippen LogP contribution in [0.3, 0.4) is 0 Å². The Balaban J connectivity index is 1.79. The number of hydrogen-bond acceptors (Lipinski definition) is 6. The minimum absolute atomic E-state index is 0.0658. The van der Waals surface area contributed by atoms with Crippen molar-refractivity contribution >= 4 is 28.9 Å². The van der Waals surface area contributed by atoms with Crippen LogP contribution in [0.2, 0.25) is 0 Å². The summed E-state index contributed by atoms with van der Waals surface area (Å²) in [5, 5.41) is 13.1. The molecule has 0 fully saturated rings. The fraction of sp³-hybridized carbons (Fsp3) is 0.136. The minimum Gasteiger partial charge on any atom is -0.496 e. The molecule has 6 nitrogen and oxygen atoms in total. The van der Waals surface area contributed by atoms with Gasteiger partial charge in [0.05, 0.1) is 16.9 Å². The summed E-state index contributed by atoms with van der Waals surface area (Å²) in [6.45, 7) is 1.88. The maximum absolute atomic E-state index is 12.1. The molecule has 0 saturated heterocycles. The molecule has 0 aliphatic carbocycles. The van der Waals surface area contributed by atoms with Crippen LogP contribution in [0.25, 0.3) is 6.08 Å². The van der Waals surface area contributed by atoms with Gasteiger partial charge in [-0.3, -0.25) is 14.9 Å². The van der Waals surface area contributed by atoms with Crippen molar-refractivity contribution in [1.29, 1.82) is 0 Å². The van der Waals surface area contributed by atoms with Crippen molar-refractivity contribution in [3.8, 4) is 11.5 Å². The molecule has 0 bridgehead atoms. The highest BCUT2D eigenvalue weighted by atomic mass is 32.1. The molecule has 0 spiro atoms. The fourth-order valence-electron chi connectivity index (χ4n) is 2.74. The van der Waals surface area contributed by atoms with Crippen LogP contribution in [0.5, 0.6) is 11.5 Å². The molecule has 0 N–H and O–H groups in total. The summed E-state index contributed by atoms with van der Waals surface area (Å²) in [6, 6.07) is 13.9. The third-order valence-electron chi connectivity index (χ3n) is 4.19. The van der Waals surface area contributed by atoms with E-state index in [0.29, 0.717) is 16.2 Å². The normalized spacial score (nSPS) is 10.8. The highest BCUT2D eigenvalue weighted by Crippen LogP contribution is 2.30. The van der Waals surface area contributed by atoms with Gasteiger partial charge in [0, 0.05) is 11.6 Å². The monoisotopic (exact) mass is 409 g/mol. The molecule has 0 unspecified atom stereocenters. The minimum atomic E-state index is -0.463. The van der Waals surface area contributed by atoms with E-state index in [4.69, 9.17) is 9.47 Å². The van der Waals surface area contributed by atoms with Gasteiger partial charge in [0.25, 0.3) is 0 Å². The second-order valence-corrected chi connectivity index (χ2v) is 7.21. The molecule has 0 saturated carbocycles. The Morgan fingerprint density at radius 2 is 1.97 bits per heavy atom. The van der Waals surface area contributed by atoms with Crippen LogP contribution in [-0.2, 0) is 6.61 Å². The number of nitrogens with zero attached hydrogens (tertiary/aromatic N) is 1. The lowest BCUT2D eigenvalue weighted by Gasteiger charge is -2.11. The zero-order valence-corrected chi connectivity index (χ0v) is 16.8. The van der Waals surface area contributed by atoms with Gasteiger partial charge in [0.2, 0.25) is 0 Å². The van der Waals surface area contributed by atoms with Crippen molar-refractivity contribution in [2.24, 2.45) is 0 Å². The Hall–Kier alpha value is -3.45. The summed E-state index contributed by atoms with van der Waals surface area (Å²) in [4.78, 5) is 23.6. The zero-order chi connectivity index (χ0) is 20.8. The Morgan fingerprint density at radius 3 is 2.66 bits per heavy atom.